The Bertz CT molecular complexity index is 1260. The summed E-state index contributed by atoms with van der Waals surface area (Å²) in [6, 6.07) is 10.2. The van der Waals surface area contributed by atoms with Crippen LogP contribution in [0, 0.1) is 6.92 Å². The highest BCUT2D eigenvalue weighted by Gasteiger charge is 2.11. The van der Waals surface area contributed by atoms with Crippen molar-refractivity contribution >= 4 is 33.5 Å². The van der Waals surface area contributed by atoms with Gasteiger partial charge in [0.2, 0.25) is 5.65 Å². The van der Waals surface area contributed by atoms with E-state index in [4.69, 9.17) is 4.98 Å². The Morgan fingerprint density at radius 2 is 2.04 bits per heavy atom. The van der Waals surface area contributed by atoms with Crippen molar-refractivity contribution in [1.29, 1.82) is 0 Å². The van der Waals surface area contributed by atoms with Gasteiger partial charge in [-0.25, -0.2) is 19.6 Å². The highest BCUT2D eigenvalue weighted by atomic mass is 32.1. The molecule has 4 heterocycles. The Balaban J connectivity index is 1.47. The lowest BCUT2D eigenvalue weighted by atomic mass is 10.1. The second kappa shape index (κ2) is 6.48. The number of rotatable bonds is 4. The largest absolute Gasteiger partial charge is 0.256 e. The molecule has 132 valence electrons. The molecule has 0 aliphatic rings. The lowest BCUT2D eigenvalue weighted by Crippen LogP contribution is -2.04. The summed E-state index contributed by atoms with van der Waals surface area (Å²) >= 11 is 1.68. The van der Waals surface area contributed by atoms with Crippen LogP contribution in [-0.2, 0) is 13.0 Å². The molecule has 1 aromatic carbocycles. The van der Waals surface area contributed by atoms with Crippen LogP contribution in [0.3, 0.4) is 0 Å². The maximum atomic E-state index is 4.73. The topological polar surface area (TPSA) is 82.3 Å². The average molecular weight is 373 g/mol. The fraction of sp³-hybridized carbons (Fsp3) is 0.158. The van der Waals surface area contributed by atoms with Crippen molar-refractivity contribution in [2.75, 3.05) is 0 Å². The Kier molecular flexibility index (Phi) is 3.83. The predicted molar refractivity (Wildman–Crippen MR) is 104 cm³/mol. The molecule has 0 aliphatic heterocycles. The minimum Gasteiger partial charge on any atom is -0.256 e. The number of aromatic nitrogens is 7. The Labute approximate surface area is 158 Å². The summed E-state index contributed by atoms with van der Waals surface area (Å²) in [4.78, 5) is 19.1. The standard InChI is InChI=1S/C19H15N7S/c1-12-9-21-17(27-12)8-15-10-22-18-19(23-15)26(25-24-18)11-13-4-5-16-14(7-13)3-2-6-20-16/h2-7,9-10H,8,11H2,1H3. The van der Waals surface area contributed by atoms with Gasteiger partial charge in [0.1, 0.15) is 0 Å². The number of fused-ring (bicyclic) bond motifs is 2. The van der Waals surface area contributed by atoms with Crippen LogP contribution in [-0.4, -0.2) is 34.9 Å². The van der Waals surface area contributed by atoms with E-state index in [9.17, 15) is 0 Å². The SMILES string of the molecule is Cc1cnc(Cc2cnc3nnn(Cc4ccc5ncccc5c4)c3n2)s1. The predicted octanol–water partition coefficient (Wildman–Crippen LogP) is 3.17. The van der Waals surface area contributed by atoms with Crippen molar-refractivity contribution in [3.05, 3.63) is 70.1 Å². The summed E-state index contributed by atoms with van der Waals surface area (Å²) in [7, 11) is 0. The Morgan fingerprint density at radius 3 is 2.93 bits per heavy atom. The van der Waals surface area contributed by atoms with Crippen LogP contribution in [0.2, 0.25) is 0 Å². The summed E-state index contributed by atoms with van der Waals surface area (Å²) < 4.78 is 1.79. The molecule has 7 nitrogen and oxygen atoms in total. The summed E-state index contributed by atoms with van der Waals surface area (Å²) in [6.45, 7) is 2.63. The lowest BCUT2D eigenvalue weighted by Gasteiger charge is -2.04. The zero-order chi connectivity index (χ0) is 18.2. The summed E-state index contributed by atoms with van der Waals surface area (Å²) in [5.74, 6) is 0. The number of aryl methyl sites for hydroxylation is 1. The first-order valence-corrected chi connectivity index (χ1v) is 9.36. The monoisotopic (exact) mass is 373 g/mol. The molecule has 0 saturated heterocycles. The first kappa shape index (κ1) is 16.0. The van der Waals surface area contributed by atoms with Gasteiger partial charge in [0, 0.05) is 29.1 Å². The van der Waals surface area contributed by atoms with Gasteiger partial charge in [0.05, 0.1) is 29.0 Å². The van der Waals surface area contributed by atoms with Crippen molar-refractivity contribution in [1.82, 2.24) is 34.9 Å². The van der Waals surface area contributed by atoms with Gasteiger partial charge in [0.15, 0.2) is 5.65 Å². The third-order valence-corrected chi connectivity index (χ3v) is 5.19. The van der Waals surface area contributed by atoms with Crippen molar-refractivity contribution in [2.45, 2.75) is 19.9 Å². The highest BCUT2D eigenvalue weighted by molar-refractivity contribution is 7.11. The average Bonchev–Trinajstić information content (AvgIpc) is 3.28. The van der Waals surface area contributed by atoms with Gasteiger partial charge in [-0.1, -0.05) is 17.3 Å². The van der Waals surface area contributed by atoms with Crippen LogP contribution < -0.4 is 0 Å². The summed E-state index contributed by atoms with van der Waals surface area (Å²) in [5, 5.41) is 10.5. The van der Waals surface area contributed by atoms with Gasteiger partial charge in [-0.2, -0.15) is 0 Å². The maximum Gasteiger partial charge on any atom is 0.221 e. The van der Waals surface area contributed by atoms with Crippen LogP contribution >= 0.6 is 11.3 Å². The number of hydrogen-bond acceptors (Lipinski definition) is 7. The molecular weight excluding hydrogens is 358 g/mol. The van der Waals surface area contributed by atoms with E-state index in [0.717, 1.165) is 27.2 Å². The van der Waals surface area contributed by atoms with Crippen LogP contribution in [0.25, 0.3) is 22.2 Å². The zero-order valence-corrected chi connectivity index (χ0v) is 15.4. The summed E-state index contributed by atoms with van der Waals surface area (Å²) in [6.07, 6.45) is 6.09. The van der Waals surface area contributed by atoms with E-state index in [2.05, 4.69) is 43.5 Å². The molecule has 0 amide bonds. The minimum absolute atomic E-state index is 0.552. The zero-order valence-electron chi connectivity index (χ0n) is 14.6. The van der Waals surface area contributed by atoms with E-state index in [0.29, 0.717) is 24.3 Å². The van der Waals surface area contributed by atoms with E-state index in [1.54, 1.807) is 28.4 Å². The molecule has 0 aliphatic carbocycles. The Hall–Kier alpha value is -3.26. The van der Waals surface area contributed by atoms with Crippen molar-refractivity contribution in [3.8, 4) is 0 Å². The molecule has 0 fully saturated rings. The normalized spacial score (nSPS) is 11.4. The van der Waals surface area contributed by atoms with Crippen LogP contribution in [0.1, 0.15) is 21.1 Å². The second-order valence-corrected chi connectivity index (χ2v) is 7.65. The molecular formula is C19H15N7S. The highest BCUT2D eigenvalue weighted by Crippen LogP contribution is 2.17. The molecule has 8 heteroatoms. The molecule has 0 spiro atoms. The third-order valence-electron chi connectivity index (χ3n) is 4.28. The maximum absolute atomic E-state index is 4.73. The Morgan fingerprint density at radius 1 is 1.07 bits per heavy atom. The lowest BCUT2D eigenvalue weighted by molar-refractivity contribution is 0.663. The molecule has 27 heavy (non-hydrogen) atoms. The second-order valence-electron chi connectivity index (χ2n) is 6.33. The van der Waals surface area contributed by atoms with E-state index in [-0.39, 0.29) is 0 Å². The van der Waals surface area contributed by atoms with Crippen molar-refractivity contribution in [2.24, 2.45) is 0 Å². The molecule has 0 atom stereocenters. The molecule has 0 bridgehead atoms. The van der Waals surface area contributed by atoms with E-state index >= 15 is 0 Å². The first-order valence-electron chi connectivity index (χ1n) is 8.55. The van der Waals surface area contributed by atoms with E-state index in [1.165, 1.54) is 4.88 Å². The molecule has 5 aromatic rings. The van der Waals surface area contributed by atoms with Crippen LogP contribution in [0.4, 0.5) is 0 Å². The van der Waals surface area contributed by atoms with Crippen LogP contribution in [0.5, 0.6) is 0 Å². The quantitative estimate of drug-likeness (QED) is 0.481. The molecule has 4 aromatic heterocycles. The van der Waals surface area contributed by atoms with Crippen molar-refractivity contribution in [3.63, 3.8) is 0 Å². The number of thiazole rings is 1. The minimum atomic E-state index is 0.552. The van der Waals surface area contributed by atoms with Crippen LogP contribution in [0.15, 0.2) is 48.9 Å². The van der Waals surface area contributed by atoms with Gasteiger partial charge < -0.3 is 0 Å². The summed E-state index contributed by atoms with van der Waals surface area (Å²) in [5.41, 5.74) is 4.20. The van der Waals surface area contributed by atoms with Gasteiger partial charge >= 0.3 is 0 Å². The molecule has 5 rings (SSSR count). The number of hydrogen-bond donors (Lipinski definition) is 0. The van der Waals surface area contributed by atoms with E-state index < -0.39 is 0 Å². The fourth-order valence-electron chi connectivity index (χ4n) is 3.02. The molecule has 0 radical (unpaired) electrons. The smallest absolute Gasteiger partial charge is 0.221 e. The number of nitrogens with zero attached hydrogens (tertiary/aromatic N) is 7. The van der Waals surface area contributed by atoms with Gasteiger partial charge in [0.25, 0.3) is 0 Å². The number of benzene rings is 1. The molecule has 0 N–H and O–H groups in total. The van der Waals surface area contributed by atoms with Crippen molar-refractivity contribution < 1.29 is 0 Å². The van der Waals surface area contributed by atoms with E-state index in [1.807, 2.05) is 25.3 Å². The van der Waals surface area contributed by atoms with Gasteiger partial charge in [-0.3, -0.25) is 4.98 Å². The fourth-order valence-corrected chi connectivity index (χ4v) is 3.82. The molecule has 0 saturated carbocycles. The number of pyridine rings is 1. The van der Waals surface area contributed by atoms with Gasteiger partial charge in [-0.15, -0.1) is 16.4 Å². The van der Waals surface area contributed by atoms with Gasteiger partial charge in [-0.05, 0) is 30.7 Å². The first-order chi connectivity index (χ1) is 13.2. The molecule has 0 unspecified atom stereocenters. The third kappa shape index (κ3) is 3.15.